The minimum Gasteiger partial charge on any atom is -0.0610 e. The largest absolute Gasteiger partial charge is 0.0610 e. The number of hydrogen-bond acceptors (Lipinski definition) is 0. The first-order valence-electron chi connectivity index (χ1n) is 9.96. The van der Waals surface area contributed by atoms with Crippen LogP contribution in [0.2, 0.25) is 0 Å². The van der Waals surface area contributed by atoms with Gasteiger partial charge in [-0.05, 0) is 78.5 Å². The maximum absolute atomic E-state index is 2.35. The van der Waals surface area contributed by atoms with E-state index in [-0.39, 0.29) is 0 Å². The Hall–Kier alpha value is -3.38. The fraction of sp³-hybridized carbons (Fsp3) is 0.0714. The number of fused-ring (bicyclic) bond motifs is 8. The lowest BCUT2D eigenvalue weighted by Crippen LogP contribution is -1.79. The second-order valence-electron chi connectivity index (χ2n) is 8.30. The third-order valence-electron chi connectivity index (χ3n) is 6.64. The van der Waals surface area contributed by atoms with Crippen LogP contribution in [0.5, 0.6) is 0 Å². The molecule has 0 spiro atoms. The van der Waals surface area contributed by atoms with E-state index in [1.807, 2.05) is 0 Å². The van der Waals surface area contributed by atoms with Crippen LogP contribution in [0.1, 0.15) is 11.1 Å². The normalized spacial score (nSPS) is 12.6. The van der Waals surface area contributed by atoms with Crippen molar-refractivity contribution in [3.63, 3.8) is 0 Å². The molecule has 0 heterocycles. The van der Waals surface area contributed by atoms with E-state index in [0.717, 1.165) is 0 Å². The molecule has 0 bridgehead atoms. The van der Waals surface area contributed by atoms with Gasteiger partial charge in [-0.1, -0.05) is 83.9 Å². The fourth-order valence-corrected chi connectivity index (χ4v) is 5.54. The Morgan fingerprint density at radius 1 is 0.357 bits per heavy atom. The molecule has 0 aromatic heterocycles. The summed E-state index contributed by atoms with van der Waals surface area (Å²) >= 11 is 0. The number of hydrogen-bond donors (Lipinski definition) is 0. The smallest absolute Gasteiger partial charge is 0.00137 e. The lowest BCUT2D eigenvalue weighted by Gasteiger charge is -2.07. The molecule has 0 saturated heterocycles. The summed E-state index contributed by atoms with van der Waals surface area (Å²) in [5.74, 6) is 0. The highest BCUT2D eigenvalue weighted by Gasteiger charge is 2.21. The summed E-state index contributed by atoms with van der Waals surface area (Å²) in [4.78, 5) is 0. The second kappa shape index (κ2) is 4.72. The van der Waals surface area contributed by atoms with Crippen LogP contribution < -0.4 is 0 Å². The molecule has 0 aliphatic rings. The van der Waals surface area contributed by atoms with Crippen molar-refractivity contribution in [1.82, 2.24) is 0 Å². The summed E-state index contributed by atoms with van der Waals surface area (Å²) < 4.78 is 0. The molecular weight excluding hydrogens is 336 g/mol. The average molecular weight is 354 g/mol. The van der Waals surface area contributed by atoms with Gasteiger partial charge in [-0.3, -0.25) is 0 Å². The molecule has 0 heteroatoms. The minimum atomic E-state index is 1.32. The molecule has 0 unspecified atom stereocenters. The van der Waals surface area contributed by atoms with Crippen LogP contribution >= 0.6 is 0 Å². The Balaban J connectivity index is 1.95. The van der Waals surface area contributed by atoms with E-state index < -0.39 is 0 Å². The molecule has 0 radical (unpaired) electrons. The predicted molar refractivity (Wildman–Crippen MR) is 123 cm³/mol. The number of rotatable bonds is 0. The molecule has 0 nitrogen and oxygen atoms in total. The van der Waals surface area contributed by atoms with Crippen molar-refractivity contribution in [3.05, 3.63) is 83.9 Å². The van der Waals surface area contributed by atoms with Gasteiger partial charge in [0.1, 0.15) is 0 Å². The highest BCUT2D eigenvalue weighted by molar-refractivity contribution is 6.47. The summed E-state index contributed by atoms with van der Waals surface area (Å²) in [6.07, 6.45) is 0. The quantitative estimate of drug-likeness (QED) is 0.241. The number of benzene rings is 5. The highest BCUT2D eigenvalue weighted by Crippen LogP contribution is 2.49. The van der Waals surface area contributed by atoms with Crippen molar-refractivity contribution in [2.24, 2.45) is 0 Å². The third kappa shape index (κ3) is 1.55. The zero-order chi connectivity index (χ0) is 18.6. The lowest BCUT2D eigenvalue weighted by molar-refractivity contribution is 1.52. The molecule has 0 atom stereocenters. The lowest BCUT2D eigenvalue weighted by atomic mass is 9.95. The van der Waals surface area contributed by atoms with E-state index in [0.29, 0.717) is 0 Å². The van der Waals surface area contributed by atoms with E-state index in [1.165, 1.54) is 75.8 Å². The van der Waals surface area contributed by atoms with Crippen molar-refractivity contribution in [2.45, 2.75) is 13.8 Å². The summed E-state index contributed by atoms with van der Waals surface area (Å²) in [5, 5.41) is 16.8. The van der Waals surface area contributed by atoms with Gasteiger partial charge in [0.05, 0.1) is 0 Å². The highest BCUT2D eigenvalue weighted by atomic mass is 14.2. The van der Waals surface area contributed by atoms with Gasteiger partial charge in [-0.15, -0.1) is 0 Å². The summed E-state index contributed by atoms with van der Waals surface area (Å²) in [6.45, 7) is 4.37. The van der Waals surface area contributed by atoms with E-state index >= 15 is 0 Å². The first-order chi connectivity index (χ1) is 13.7. The molecule has 7 aromatic carbocycles. The molecule has 0 fully saturated rings. The average Bonchev–Trinajstić information content (AvgIpc) is 3.21. The van der Waals surface area contributed by atoms with E-state index in [4.69, 9.17) is 0 Å². The molecule has 130 valence electrons. The van der Waals surface area contributed by atoms with Crippen LogP contribution in [-0.4, -0.2) is 0 Å². The third-order valence-corrected chi connectivity index (χ3v) is 6.64. The molecule has 0 aliphatic carbocycles. The van der Waals surface area contributed by atoms with Crippen LogP contribution in [0.4, 0.5) is 0 Å². The standard InChI is InChI=1S/C28H18/c1-15-9-11-19-23(13-15)17-5-3-7-21-25(17)27(19)22-8-4-6-18-24-14-16(2)10-12-20(24)28(21)26(18)22/h3-14H,1-2H3. The molecule has 7 aromatic rings. The van der Waals surface area contributed by atoms with E-state index in [2.05, 4.69) is 86.6 Å². The molecule has 0 amide bonds. The molecule has 7 rings (SSSR count). The van der Waals surface area contributed by atoms with Gasteiger partial charge in [-0.2, -0.15) is 0 Å². The van der Waals surface area contributed by atoms with Gasteiger partial charge in [0.15, 0.2) is 0 Å². The Kier molecular flexibility index (Phi) is 2.47. The van der Waals surface area contributed by atoms with Crippen molar-refractivity contribution in [2.75, 3.05) is 0 Å². The van der Waals surface area contributed by atoms with Crippen LogP contribution in [0.25, 0.3) is 64.6 Å². The van der Waals surface area contributed by atoms with Crippen LogP contribution in [0.15, 0.2) is 72.8 Å². The predicted octanol–water partition coefficient (Wildman–Crippen LogP) is 8.10. The molecule has 0 N–H and O–H groups in total. The first kappa shape index (κ1) is 14.6. The van der Waals surface area contributed by atoms with Crippen molar-refractivity contribution in [3.8, 4) is 0 Å². The Morgan fingerprint density at radius 3 is 1.14 bits per heavy atom. The maximum Gasteiger partial charge on any atom is -0.00137 e. The van der Waals surface area contributed by atoms with Crippen molar-refractivity contribution >= 4 is 64.6 Å². The minimum absolute atomic E-state index is 1.32. The van der Waals surface area contributed by atoms with Crippen LogP contribution in [0, 0.1) is 13.8 Å². The first-order valence-corrected chi connectivity index (χ1v) is 9.96. The van der Waals surface area contributed by atoms with Crippen molar-refractivity contribution < 1.29 is 0 Å². The van der Waals surface area contributed by atoms with E-state index in [1.54, 1.807) is 0 Å². The molecule has 0 saturated carbocycles. The number of aryl methyl sites for hydroxylation is 2. The van der Waals surface area contributed by atoms with Crippen LogP contribution in [0.3, 0.4) is 0 Å². The van der Waals surface area contributed by atoms with E-state index in [9.17, 15) is 0 Å². The van der Waals surface area contributed by atoms with Gasteiger partial charge >= 0.3 is 0 Å². The Bertz CT molecular complexity index is 1590. The van der Waals surface area contributed by atoms with Crippen LogP contribution in [-0.2, 0) is 0 Å². The van der Waals surface area contributed by atoms with Crippen molar-refractivity contribution in [1.29, 1.82) is 0 Å². The van der Waals surface area contributed by atoms with Gasteiger partial charge in [0.25, 0.3) is 0 Å². The second-order valence-corrected chi connectivity index (χ2v) is 8.30. The zero-order valence-electron chi connectivity index (χ0n) is 15.9. The maximum atomic E-state index is 2.35. The zero-order valence-corrected chi connectivity index (χ0v) is 15.9. The topological polar surface area (TPSA) is 0 Å². The van der Waals surface area contributed by atoms with Gasteiger partial charge in [0, 0.05) is 0 Å². The van der Waals surface area contributed by atoms with Gasteiger partial charge in [0.2, 0.25) is 0 Å². The SMILES string of the molecule is Cc1ccc2c(c1)c1cccc3c1c2c1cccc2c4cc(C)ccc4c3c21. The summed E-state index contributed by atoms with van der Waals surface area (Å²) in [6, 6.07) is 27.5. The Morgan fingerprint density at radius 2 is 0.714 bits per heavy atom. The molecular formula is C28H18. The molecule has 28 heavy (non-hydrogen) atoms. The molecule has 0 aliphatic heterocycles. The van der Waals surface area contributed by atoms with Gasteiger partial charge < -0.3 is 0 Å². The summed E-state index contributed by atoms with van der Waals surface area (Å²) in [7, 11) is 0. The fourth-order valence-electron chi connectivity index (χ4n) is 5.54. The van der Waals surface area contributed by atoms with Gasteiger partial charge in [-0.25, -0.2) is 0 Å². The Labute approximate surface area is 162 Å². The summed E-state index contributed by atoms with van der Waals surface area (Å²) in [5.41, 5.74) is 2.64. The monoisotopic (exact) mass is 354 g/mol.